The van der Waals surface area contributed by atoms with Gasteiger partial charge in [-0.05, 0) is 24.6 Å². The van der Waals surface area contributed by atoms with Crippen LogP contribution in [0.1, 0.15) is 50.0 Å². The molecule has 1 unspecified atom stereocenters. The molecule has 0 saturated heterocycles. The summed E-state index contributed by atoms with van der Waals surface area (Å²) in [6.45, 7) is 8.70. The van der Waals surface area contributed by atoms with E-state index in [1.54, 1.807) is 25.6 Å². The van der Waals surface area contributed by atoms with Gasteiger partial charge in [0, 0.05) is 17.3 Å². The number of hydrogen-bond acceptors (Lipinski definition) is 5. The van der Waals surface area contributed by atoms with Crippen molar-refractivity contribution in [2.45, 2.75) is 45.7 Å². The number of carbonyl (C=O) groups excluding carboxylic acids is 1. The van der Waals surface area contributed by atoms with E-state index in [0.29, 0.717) is 18.0 Å². The SMILES string of the molecule is COc1ccc(CNC(=O)NC(C)c2nc(C(C)(C)C)cs2)cc1OC. The molecular weight excluding hydrogens is 350 g/mol. The molecular formula is C19H27N3O3S. The Morgan fingerprint density at radius 2 is 1.92 bits per heavy atom. The van der Waals surface area contributed by atoms with Crippen molar-refractivity contribution in [1.82, 2.24) is 15.6 Å². The van der Waals surface area contributed by atoms with Crippen molar-refractivity contribution in [2.75, 3.05) is 14.2 Å². The van der Waals surface area contributed by atoms with Crippen molar-refractivity contribution in [3.63, 3.8) is 0 Å². The first-order valence-electron chi connectivity index (χ1n) is 8.45. The molecule has 6 nitrogen and oxygen atoms in total. The van der Waals surface area contributed by atoms with Crippen LogP contribution in [0.25, 0.3) is 0 Å². The summed E-state index contributed by atoms with van der Waals surface area (Å²) >= 11 is 1.57. The normalized spacial score (nSPS) is 12.4. The van der Waals surface area contributed by atoms with Crippen LogP contribution >= 0.6 is 11.3 Å². The molecule has 7 heteroatoms. The Morgan fingerprint density at radius 1 is 1.23 bits per heavy atom. The smallest absolute Gasteiger partial charge is 0.315 e. The van der Waals surface area contributed by atoms with Gasteiger partial charge in [0.1, 0.15) is 5.01 Å². The maximum absolute atomic E-state index is 12.2. The third-order valence-corrected chi connectivity index (χ3v) is 4.94. The lowest BCUT2D eigenvalue weighted by Crippen LogP contribution is -2.36. The van der Waals surface area contributed by atoms with Gasteiger partial charge in [-0.3, -0.25) is 0 Å². The fraction of sp³-hybridized carbons (Fsp3) is 0.474. The van der Waals surface area contributed by atoms with Gasteiger partial charge in [-0.25, -0.2) is 9.78 Å². The number of nitrogens with one attached hydrogen (secondary N) is 2. The highest BCUT2D eigenvalue weighted by atomic mass is 32.1. The molecule has 2 N–H and O–H groups in total. The van der Waals surface area contributed by atoms with Crippen molar-refractivity contribution in [1.29, 1.82) is 0 Å². The zero-order valence-corrected chi connectivity index (χ0v) is 17.0. The van der Waals surface area contributed by atoms with E-state index in [1.807, 2.05) is 25.1 Å². The quantitative estimate of drug-likeness (QED) is 0.797. The molecule has 2 amide bonds. The summed E-state index contributed by atoms with van der Waals surface area (Å²) in [5, 5.41) is 8.73. The third-order valence-electron chi connectivity index (χ3n) is 3.91. The first-order valence-corrected chi connectivity index (χ1v) is 9.33. The number of thiazole rings is 1. The van der Waals surface area contributed by atoms with Crippen LogP contribution in [0.15, 0.2) is 23.6 Å². The van der Waals surface area contributed by atoms with E-state index in [4.69, 9.17) is 9.47 Å². The summed E-state index contributed by atoms with van der Waals surface area (Å²) in [6.07, 6.45) is 0. The number of aromatic nitrogens is 1. The van der Waals surface area contributed by atoms with Crippen LogP contribution in [0.2, 0.25) is 0 Å². The van der Waals surface area contributed by atoms with E-state index in [0.717, 1.165) is 16.3 Å². The van der Waals surface area contributed by atoms with Crippen molar-refractivity contribution < 1.29 is 14.3 Å². The second kappa shape index (κ2) is 8.40. The van der Waals surface area contributed by atoms with Gasteiger partial charge in [-0.15, -0.1) is 11.3 Å². The summed E-state index contributed by atoms with van der Waals surface area (Å²) in [7, 11) is 3.18. The maximum atomic E-state index is 12.2. The van der Waals surface area contributed by atoms with Gasteiger partial charge in [0.2, 0.25) is 0 Å². The number of nitrogens with zero attached hydrogens (tertiary/aromatic N) is 1. The molecule has 1 heterocycles. The molecule has 26 heavy (non-hydrogen) atoms. The van der Waals surface area contributed by atoms with E-state index >= 15 is 0 Å². The van der Waals surface area contributed by atoms with Crippen LogP contribution in [0.4, 0.5) is 4.79 Å². The minimum atomic E-state index is -0.236. The van der Waals surface area contributed by atoms with Crippen LogP contribution in [0.5, 0.6) is 11.5 Å². The van der Waals surface area contributed by atoms with Crippen LogP contribution in [0, 0.1) is 0 Å². The molecule has 2 aromatic rings. The van der Waals surface area contributed by atoms with E-state index in [1.165, 1.54) is 0 Å². The number of rotatable bonds is 6. The summed E-state index contributed by atoms with van der Waals surface area (Å²) in [5.74, 6) is 1.30. The number of carbonyl (C=O) groups is 1. The Hall–Kier alpha value is -2.28. The zero-order valence-electron chi connectivity index (χ0n) is 16.2. The highest BCUT2D eigenvalue weighted by Crippen LogP contribution is 2.28. The molecule has 0 aliphatic rings. The van der Waals surface area contributed by atoms with Gasteiger partial charge < -0.3 is 20.1 Å². The third kappa shape index (κ3) is 5.11. The van der Waals surface area contributed by atoms with Crippen molar-refractivity contribution >= 4 is 17.4 Å². The molecule has 1 aromatic carbocycles. The Bertz CT molecular complexity index is 753. The minimum Gasteiger partial charge on any atom is -0.493 e. The van der Waals surface area contributed by atoms with E-state index in [9.17, 15) is 4.79 Å². The zero-order chi connectivity index (χ0) is 19.3. The average molecular weight is 378 g/mol. The molecule has 0 bridgehead atoms. The Morgan fingerprint density at radius 3 is 2.50 bits per heavy atom. The van der Waals surface area contributed by atoms with Gasteiger partial charge in [0.15, 0.2) is 11.5 Å². The molecule has 0 aliphatic heterocycles. The lowest BCUT2D eigenvalue weighted by atomic mass is 9.93. The Balaban J connectivity index is 1.91. The molecule has 0 spiro atoms. The highest BCUT2D eigenvalue weighted by Gasteiger charge is 2.20. The summed E-state index contributed by atoms with van der Waals surface area (Å²) < 4.78 is 10.5. The lowest BCUT2D eigenvalue weighted by molar-refractivity contribution is 0.237. The molecule has 0 fully saturated rings. The van der Waals surface area contributed by atoms with E-state index in [2.05, 4.69) is 41.8 Å². The van der Waals surface area contributed by atoms with Gasteiger partial charge in [0.05, 0.1) is 26.0 Å². The molecule has 0 saturated carbocycles. The fourth-order valence-corrected chi connectivity index (χ4v) is 3.37. The number of ether oxygens (including phenoxy) is 2. The van der Waals surface area contributed by atoms with Gasteiger partial charge in [0.25, 0.3) is 0 Å². The minimum absolute atomic E-state index is 0.00412. The molecule has 1 atom stereocenters. The number of benzene rings is 1. The maximum Gasteiger partial charge on any atom is 0.315 e. The molecule has 142 valence electrons. The fourth-order valence-electron chi connectivity index (χ4n) is 2.31. The number of methoxy groups -OCH3 is 2. The molecule has 1 aromatic heterocycles. The number of urea groups is 1. The lowest BCUT2D eigenvalue weighted by Gasteiger charge is -2.15. The van der Waals surface area contributed by atoms with E-state index < -0.39 is 0 Å². The Labute approximate surface area is 158 Å². The van der Waals surface area contributed by atoms with Gasteiger partial charge in [-0.1, -0.05) is 26.8 Å². The molecule has 2 rings (SSSR count). The summed E-state index contributed by atoms with van der Waals surface area (Å²) in [5.41, 5.74) is 1.97. The number of amides is 2. The second-order valence-electron chi connectivity index (χ2n) is 7.06. The number of hydrogen-bond donors (Lipinski definition) is 2. The molecule has 0 aliphatic carbocycles. The topological polar surface area (TPSA) is 72.5 Å². The van der Waals surface area contributed by atoms with Crippen molar-refractivity contribution in [3.8, 4) is 11.5 Å². The van der Waals surface area contributed by atoms with Crippen molar-refractivity contribution in [3.05, 3.63) is 39.8 Å². The second-order valence-corrected chi connectivity index (χ2v) is 7.95. The summed E-state index contributed by atoms with van der Waals surface area (Å²) in [6, 6.07) is 5.17. The standard InChI is InChI=1S/C19H27N3O3S/c1-12(17-22-16(11-26-17)19(2,3)4)21-18(23)20-10-13-7-8-14(24-5)15(9-13)25-6/h7-9,11-12H,10H2,1-6H3,(H2,20,21,23). The summed E-state index contributed by atoms with van der Waals surface area (Å²) in [4.78, 5) is 16.8. The van der Waals surface area contributed by atoms with Crippen LogP contribution in [0.3, 0.4) is 0 Å². The van der Waals surface area contributed by atoms with Crippen LogP contribution in [-0.4, -0.2) is 25.2 Å². The highest BCUT2D eigenvalue weighted by molar-refractivity contribution is 7.09. The van der Waals surface area contributed by atoms with Gasteiger partial charge >= 0.3 is 6.03 Å². The van der Waals surface area contributed by atoms with Crippen LogP contribution in [-0.2, 0) is 12.0 Å². The van der Waals surface area contributed by atoms with E-state index in [-0.39, 0.29) is 17.5 Å². The molecule has 0 radical (unpaired) electrons. The van der Waals surface area contributed by atoms with Gasteiger partial charge in [-0.2, -0.15) is 0 Å². The van der Waals surface area contributed by atoms with Crippen LogP contribution < -0.4 is 20.1 Å². The van der Waals surface area contributed by atoms with Crippen molar-refractivity contribution in [2.24, 2.45) is 0 Å². The predicted molar refractivity (Wildman–Crippen MR) is 104 cm³/mol. The average Bonchev–Trinajstić information content (AvgIpc) is 3.10. The Kier molecular flexibility index (Phi) is 6.47. The monoisotopic (exact) mass is 377 g/mol. The largest absolute Gasteiger partial charge is 0.493 e. The first-order chi connectivity index (χ1) is 12.2. The predicted octanol–water partition coefficient (Wildman–Crippen LogP) is 4.02. The first kappa shape index (κ1) is 20.0.